The number of hydrogen-bond donors (Lipinski definition) is 1. The van der Waals surface area contributed by atoms with Gasteiger partial charge in [-0.05, 0) is 30.3 Å². The molecule has 0 saturated carbocycles. The van der Waals surface area contributed by atoms with Crippen LogP contribution in [0.5, 0.6) is 11.5 Å². The highest BCUT2D eigenvalue weighted by atomic mass is 19.4. The van der Waals surface area contributed by atoms with E-state index in [-0.39, 0.29) is 5.69 Å². The molecule has 3 aromatic carbocycles. The highest BCUT2D eigenvalue weighted by Crippen LogP contribution is 2.38. The number of halogens is 3. The molecule has 0 radical (unpaired) electrons. The van der Waals surface area contributed by atoms with E-state index in [1.165, 1.54) is 6.07 Å². The number of ether oxygens (including phenoxy) is 2. The van der Waals surface area contributed by atoms with E-state index in [1.54, 1.807) is 32.4 Å². The van der Waals surface area contributed by atoms with Crippen LogP contribution >= 0.6 is 0 Å². The lowest BCUT2D eigenvalue weighted by atomic mass is 10.0. The smallest absolute Gasteiger partial charge is 0.416 e. The van der Waals surface area contributed by atoms with Gasteiger partial charge in [0.15, 0.2) is 5.82 Å². The van der Waals surface area contributed by atoms with Crippen LogP contribution in [0.4, 0.5) is 24.7 Å². The summed E-state index contributed by atoms with van der Waals surface area (Å²) in [5.41, 5.74) is 0.834. The van der Waals surface area contributed by atoms with Crippen molar-refractivity contribution in [1.29, 1.82) is 0 Å². The van der Waals surface area contributed by atoms with E-state index in [0.717, 1.165) is 23.1 Å². The molecule has 158 valence electrons. The van der Waals surface area contributed by atoms with Gasteiger partial charge < -0.3 is 14.8 Å². The van der Waals surface area contributed by atoms with Crippen molar-refractivity contribution in [2.45, 2.75) is 6.18 Å². The second-order valence-corrected chi connectivity index (χ2v) is 6.71. The van der Waals surface area contributed by atoms with Gasteiger partial charge in [0.05, 0.1) is 19.8 Å². The normalized spacial score (nSPS) is 11.4. The van der Waals surface area contributed by atoms with Crippen LogP contribution in [-0.2, 0) is 6.18 Å². The van der Waals surface area contributed by atoms with Crippen molar-refractivity contribution in [3.05, 3.63) is 72.3 Å². The third kappa shape index (κ3) is 4.09. The molecule has 4 aromatic rings. The number of rotatable bonds is 5. The molecule has 31 heavy (non-hydrogen) atoms. The Morgan fingerprint density at radius 1 is 0.806 bits per heavy atom. The second-order valence-electron chi connectivity index (χ2n) is 6.71. The zero-order valence-electron chi connectivity index (χ0n) is 16.7. The number of anilines is 2. The first-order chi connectivity index (χ1) is 14.9. The molecule has 1 N–H and O–H groups in total. The summed E-state index contributed by atoms with van der Waals surface area (Å²) in [6, 6.07) is 17.7. The lowest BCUT2D eigenvalue weighted by Gasteiger charge is -2.14. The average molecular weight is 425 g/mol. The molecule has 5 nitrogen and oxygen atoms in total. The highest BCUT2D eigenvalue weighted by Gasteiger charge is 2.30. The average Bonchev–Trinajstić information content (AvgIpc) is 2.78. The van der Waals surface area contributed by atoms with Gasteiger partial charge in [-0.3, -0.25) is 0 Å². The maximum atomic E-state index is 13.0. The van der Waals surface area contributed by atoms with Gasteiger partial charge in [0.1, 0.15) is 17.2 Å². The highest BCUT2D eigenvalue weighted by molar-refractivity contribution is 6.01. The van der Waals surface area contributed by atoms with Crippen LogP contribution in [0.3, 0.4) is 0 Å². The van der Waals surface area contributed by atoms with Crippen LogP contribution in [0, 0.1) is 0 Å². The first kappa shape index (κ1) is 20.5. The minimum atomic E-state index is -4.43. The lowest BCUT2D eigenvalue weighted by molar-refractivity contribution is -0.137. The largest absolute Gasteiger partial charge is 0.497 e. The van der Waals surface area contributed by atoms with Crippen molar-refractivity contribution in [3.63, 3.8) is 0 Å². The number of methoxy groups -OCH3 is 2. The number of hydrogen-bond acceptors (Lipinski definition) is 5. The minimum absolute atomic E-state index is 0.268. The summed E-state index contributed by atoms with van der Waals surface area (Å²) >= 11 is 0. The molecule has 1 heterocycles. The Morgan fingerprint density at radius 2 is 1.58 bits per heavy atom. The van der Waals surface area contributed by atoms with Gasteiger partial charge >= 0.3 is 6.18 Å². The number of benzene rings is 3. The van der Waals surface area contributed by atoms with E-state index < -0.39 is 11.7 Å². The maximum Gasteiger partial charge on any atom is 0.416 e. The van der Waals surface area contributed by atoms with Gasteiger partial charge in [-0.2, -0.15) is 13.2 Å². The van der Waals surface area contributed by atoms with Crippen LogP contribution in [-0.4, -0.2) is 24.4 Å². The SMILES string of the molecule is COc1ccc(-c2nnc(Nc3cccc(C(F)(F)F)c3)c3ccccc23)c(OC)c1. The zero-order valence-corrected chi connectivity index (χ0v) is 16.7. The molecule has 0 fully saturated rings. The molecule has 0 saturated heterocycles. The van der Waals surface area contributed by atoms with Crippen molar-refractivity contribution in [2.75, 3.05) is 19.5 Å². The third-order valence-electron chi connectivity index (χ3n) is 4.80. The molecule has 8 heteroatoms. The second kappa shape index (κ2) is 8.14. The van der Waals surface area contributed by atoms with E-state index in [9.17, 15) is 13.2 Å². The van der Waals surface area contributed by atoms with Crippen LogP contribution in [0.2, 0.25) is 0 Å². The summed E-state index contributed by atoms with van der Waals surface area (Å²) < 4.78 is 49.9. The van der Waals surface area contributed by atoms with Crippen molar-refractivity contribution in [1.82, 2.24) is 10.2 Å². The van der Waals surface area contributed by atoms with Gasteiger partial charge in [-0.15, -0.1) is 10.2 Å². The van der Waals surface area contributed by atoms with Gasteiger partial charge in [0.25, 0.3) is 0 Å². The van der Waals surface area contributed by atoms with Crippen LogP contribution in [0.15, 0.2) is 66.7 Å². The van der Waals surface area contributed by atoms with Gasteiger partial charge in [-0.25, -0.2) is 0 Å². The van der Waals surface area contributed by atoms with Crippen molar-refractivity contribution in [2.24, 2.45) is 0 Å². The molecule has 4 rings (SSSR count). The Hall–Kier alpha value is -3.81. The standard InChI is InChI=1S/C23H18F3N3O2/c1-30-16-10-11-19(20(13-16)31-2)21-17-8-3-4-9-18(17)22(29-28-21)27-15-7-5-6-14(12-15)23(24,25)26/h3-13H,1-2H3,(H,27,29). The molecule has 0 spiro atoms. The molecular formula is C23H18F3N3O2. The number of nitrogens with one attached hydrogen (secondary N) is 1. The summed E-state index contributed by atoms with van der Waals surface area (Å²) in [5.74, 6) is 1.56. The quantitative estimate of drug-likeness (QED) is 0.420. The Morgan fingerprint density at radius 3 is 2.29 bits per heavy atom. The maximum absolute atomic E-state index is 13.0. The summed E-state index contributed by atoms with van der Waals surface area (Å²) in [7, 11) is 3.12. The van der Waals surface area contributed by atoms with Crippen LogP contribution < -0.4 is 14.8 Å². The van der Waals surface area contributed by atoms with Crippen LogP contribution in [0.25, 0.3) is 22.0 Å². The molecule has 0 atom stereocenters. The molecule has 0 aliphatic heterocycles. The zero-order chi connectivity index (χ0) is 22.0. The summed E-state index contributed by atoms with van der Waals surface area (Å²) in [4.78, 5) is 0. The van der Waals surface area contributed by atoms with Crippen molar-refractivity contribution in [3.8, 4) is 22.8 Å². The molecule has 0 amide bonds. The molecule has 1 aromatic heterocycles. The van der Waals surface area contributed by atoms with E-state index in [1.807, 2.05) is 30.3 Å². The number of aromatic nitrogens is 2. The number of alkyl halides is 3. The first-order valence-corrected chi connectivity index (χ1v) is 9.33. The van der Waals surface area contributed by atoms with Crippen molar-refractivity contribution >= 4 is 22.3 Å². The Balaban J connectivity index is 1.80. The molecule has 0 unspecified atom stereocenters. The topological polar surface area (TPSA) is 56.3 Å². The Kier molecular flexibility index (Phi) is 5.37. The lowest BCUT2D eigenvalue weighted by Crippen LogP contribution is -2.06. The first-order valence-electron chi connectivity index (χ1n) is 9.33. The van der Waals surface area contributed by atoms with E-state index >= 15 is 0 Å². The van der Waals surface area contributed by atoms with Gasteiger partial charge in [0, 0.05) is 28.1 Å². The van der Waals surface area contributed by atoms with E-state index in [0.29, 0.717) is 28.4 Å². The minimum Gasteiger partial charge on any atom is -0.497 e. The van der Waals surface area contributed by atoms with E-state index in [4.69, 9.17) is 9.47 Å². The molecular weight excluding hydrogens is 407 g/mol. The van der Waals surface area contributed by atoms with Crippen LogP contribution in [0.1, 0.15) is 5.56 Å². The van der Waals surface area contributed by atoms with Crippen molar-refractivity contribution < 1.29 is 22.6 Å². The Labute approximate surface area is 176 Å². The molecule has 0 bridgehead atoms. The predicted octanol–water partition coefficient (Wildman–Crippen LogP) is 6.08. The van der Waals surface area contributed by atoms with E-state index in [2.05, 4.69) is 15.5 Å². The predicted molar refractivity (Wildman–Crippen MR) is 113 cm³/mol. The van der Waals surface area contributed by atoms with Gasteiger partial charge in [-0.1, -0.05) is 30.3 Å². The third-order valence-corrected chi connectivity index (χ3v) is 4.80. The number of fused-ring (bicyclic) bond motifs is 1. The molecule has 0 aliphatic rings. The Bertz CT molecular complexity index is 1240. The monoisotopic (exact) mass is 425 g/mol. The summed E-state index contributed by atoms with van der Waals surface area (Å²) in [6.07, 6.45) is -4.43. The number of nitrogens with zero attached hydrogens (tertiary/aromatic N) is 2. The fraction of sp³-hybridized carbons (Fsp3) is 0.130. The summed E-state index contributed by atoms with van der Waals surface area (Å²) in [5, 5.41) is 13.1. The fourth-order valence-electron chi connectivity index (χ4n) is 3.30. The summed E-state index contributed by atoms with van der Waals surface area (Å²) in [6.45, 7) is 0. The molecule has 0 aliphatic carbocycles. The van der Waals surface area contributed by atoms with Gasteiger partial charge in [0.2, 0.25) is 0 Å². The fourth-order valence-corrected chi connectivity index (χ4v) is 3.30.